The molecule has 0 atom stereocenters. The summed E-state index contributed by atoms with van der Waals surface area (Å²) >= 11 is 1.71. The van der Waals surface area contributed by atoms with Crippen LogP contribution in [0.1, 0.15) is 13.3 Å². The van der Waals surface area contributed by atoms with Gasteiger partial charge in [0.2, 0.25) is 0 Å². The summed E-state index contributed by atoms with van der Waals surface area (Å²) in [5, 5.41) is 15.0. The Bertz CT molecular complexity index is 963. The standard InChI is InChI=1S/C20H27FN8S.HI/c1-3-22-20(24-9-4-12-30-16-7-5-15(21)6-8-16)25-11-10-23-18-17-13-28-29(2)19(17)27-14-26-18;/h5-8,13-14H,3-4,9-12H2,1-2H3,(H2,22,24,25)(H,23,26,27);1H. The fourth-order valence-electron chi connectivity index (χ4n) is 2.78. The number of fused-ring (bicyclic) bond motifs is 1. The molecule has 3 N–H and O–H groups in total. The third kappa shape index (κ3) is 7.80. The normalized spacial score (nSPS) is 11.3. The van der Waals surface area contributed by atoms with Gasteiger partial charge >= 0.3 is 0 Å². The van der Waals surface area contributed by atoms with Gasteiger partial charge in [-0.1, -0.05) is 0 Å². The van der Waals surface area contributed by atoms with E-state index in [0.717, 1.165) is 53.0 Å². The van der Waals surface area contributed by atoms with Gasteiger partial charge in [-0.05, 0) is 43.4 Å². The number of anilines is 1. The number of hydrogen-bond acceptors (Lipinski definition) is 6. The van der Waals surface area contributed by atoms with E-state index < -0.39 is 0 Å². The minimum Gasteiger partial charge on any atom is -0.368 e. The summed E-state index contributed by atoms with van der Waals surface area (Å²) in [5.41, 5.74) is 0.800. The summed E-state index contributed by atoms with van der Waals surface area (Å²) in [7, 11) is 1.86. The maximum Gasteiger partial charge on any atom is 0.191 e. The zero-order valence-corrected chi connectivity index (χ0v) is 20.8. The van der Waals surface area contributed by atoms with Crippen LogP contribution in [-0.4, -0.2) is 57.6 Å². The van der Waals surface area contributed by atoms with Crippen LogP contribution in [0.2, 0.25) is 0 Å². The predicted octanol–water partition coefficient (Wildman–Crippen LogP) is 3.27. The molecule has 1 aromatic carbocycles. The van der Waals surface area contributed by atoms with E-state index in [-0.39, 0.29) is 29.8 Å². The quantitative estimate of drug-likeness (QED) is 0.116. The van der Waals surface area contributed by atoms with Gasteiger partial charge in [-0.25, -0.2) is 14.4 Å². The van der Waals surface area contributed by atoms with Crippen molar-refractivity contribution >= 4 is 58.5 Å². The molecule has 0 amide bonds. The average molecular weight is 558 g/mol. The topological polar surface area (TPSA) is 92.1 Å². The Balaban J connectivity index is 0.00000341. The molecule has 2 heterocycles. The molecule has 11 heteroatoms. The van der Waals surface area contributed by atoms with E-state index in [1.807, 2.05) is 14.0 Å². The van der Waals surface area contributed by atoms with E-state index in [4.69, 9.17) is 0 Å². The third-order valence-corrected chi connectivity index (χ3v) is 5.34. The second-order valence-corrected chi connectivity index (χ2v) is 7.67. The van der Waals surface area contributed by atoms with E-state index in [2.05, 4.69) is 36.0 Å². The molecule has 2 aromatic heterocycles. The lowest BCUT2D eigenvalue weighted by molar-refractivity contribution is 0.626. The molecule has 0 aliphatic heterocycles. The number of halogens is 2. The molecule has 3 rings (SSSR count). The molecule has 3 aromatic rings. The third-order valence-electron chi connectivity index (χ3n) is 4.24. The molecular formula is C20H28FIN8S. The van der Waals surface area contributed by atoms with Gasteiger partial charge in [-0.2, -0.15) is 5.10 Å². The van der Waals surface area contributed by atoms with Crippen LogP contribution in [0.15, 0.2) is 46.7 Å². The number of nitrogens with one attached hydrogen (secondary N) is 3. The Morgan fingerprint density at radius 1 is 1.16 bits per heavy atom. The van der Waals surface area contributed by atoms with E-state index in [9.17, 15) is 4.39 Å². The minimum absolute atomic E-state index is 0. The molecule has 0 aliphatic carbocycles. The Labute approximate surface area is 202 Å². The van der Waals surface area contributed by atoms with Crippen LogP contribution in [0.4, 0.5) is 10.2 Å². The molecule has 0 saturated carbocycles. The number of aliphatic imine (C=N–C) groups is 1. The number of hydrogen-bond donors (Lipinski definition) is 3. The van der Waals surface area contributed by atoms with E-state index in [1.165, 1.54) is 18.5 Å². The van der Waals surface area contributed by atoms with Crippen molar-refractivity contribution in [2.45, 2.75) is 18.2 Å². The van der Waals surface area contributed by atoms with Crippen LogP contribution in [0.3, 0.4) is 0 Å². The lowest BCUT2D eigenvalue weighted by Gasteiger charge is -2.12. The fraction of sp³-hybridized carbons (Fsp3) is 0.400. The van der Waals surface area contributed by atoms with Crippen LogP contribution >= 0.6 is 35.7 Å². The van der Waals surface area contributed by atoms with Crippen LogP contribution in [0.25, 0.3) is 11.0 Å². The maximum absolute atomic E-state index is 12.9. The Hall–Kier alpha value is -2.15. The summed E-state index contributed by atoms with van der Waals surface area (Å²) in [6.07, 6.45) is 4.24. The van der Waals surface area contributed by atoms with Crippen molar-refractivity contribution in [1.29, 1.82) is 0 Å². The van der Waals surface area contributed by atoms with Gasteiger partial charge in [-0.3, -0.25) is 9.67 Å². The lowest BCUT2D eigenvalue weighted by atomic mass is 10.4. The number of guanidine groups is 1. The predicted molar refractivity (Wildman–Crippen MR) is 136 cm³/mol. The highest BCUT2D eigenvalue weighted by Crippen LogP contribution is 2.19. The van der Waals surface area contributed by atoms with Gasteiger partial charge in [0.25, 0.3) is 0 Å². The molecule has 31 heavy (non-hydrogen) atoms. The highest BCUT2D eigenvalue weighted by molar-refractivity contribution is 14.0. The van der Waals surface area contributed by atoms with Crippen molar-refractivity contribution in [3.63, 3.8) is 0 Å². The first-order chi connectivity index (χ1) is 14.7. The number of thioether (sulfide) groups is 1. The molecule has 0 unspecified atom stereocenters. The van der Waals surface area contributed by atoms with Crippen molar-refractivity contribution < 1.29 is 4.39 Å². The minimum atomic E-state index is -0.204. The first-order valence-electron chi connectivity index (χ1n) is 9.94. The molecular weight excluding hydrogens is 530 g/mol. The smallest absolute Gasteiger partial charge is 0.191 e. The zero-order valence-electron chi connectivity index (χ0n) is 17.6. The largest absolute Gasteiger partial charge is 0.368 e. The maximum atomic E-state index is 12.9. The SMILES string of the molecule is CCNC(=NCCCSc1ccc(F)cc1)NCCNc1ncnc2c1cnn2C.I. The van der Waals surface area contributed by atoms with Gasteiger partial charge in [0.15, 0.2) is 11.6 Å². The summed E-state index contributed by atoms with van der Waals surface area (Å²) in [6.45, 7) is 4.94. The van der Waals surface area contributed by atoms with Crippen molar-refractivity contribution in [2.24, 2.45) is 12.0 Å². The lowest BCUT2D eigenvalue weighted by Crippen LogP contribution is -2.39. The number of aryl methyl sites for hydroxylation is 1. The molecule has 168 valence electrons. The van der Waals surface area contributed by atoms with E-state index in [0.29, 0.717) is 13.1 Å². The van der Waals surface area contributed by atoms with Crippen LogP contribution < -0.4 is 16.0 Å². The van der Waals surface area contributed by atoms with Gasteiger partial charge in [0.05, 0.1) is 11.6 Å². The summed E-state index contributed by atoms with van der Waals surface area (Å²) in [5.74, 6) is 2.30. The molecule has 0 aliphatic rings. The van der Waals surface area contributed by atoms with Gasteiger partial charge < -0.3 is 16.0 Å². The second-order valence-electron chi connectivity index (χ2n) is 6.50. The van der Waals surface area contributed by atoms with Gasteiger partial charge in [-0.15, -0.1) is 35.7 Å². The van der Waals surface area contributed by atoms with Crippen molar-refractivity contribution in [1.82, 2.24) is 30.4 Å². The monoisotopic (exact) mass is 558 g/mol. The Kier molecular flexibility index (Phi) is 10.8. The highest BCUT2D eigenvalue weighted by atomic mass is 127. The van der Waals surface area contributed by atoms with Crippen molar-refractivity contribution in [3.8, 4) is 0 Å². The molecule has 0 spiro atoms. The average Bonchev–Trinajstić information content (AvgIpc) is 3.14. The van der Waals surface area contributed by atoms with Gasteiger partial charge in [0, 0.05) is 38.1 Å². The summed E-state index contributed by atoms with van der Waals surface area (Å²) < 4.78 is 14.7. The molecule has 8 nitrogen and oxygen atoms in total. The van der Waals surface area contributed by atoms with Crippen molar-refractivity contribution in [3.05, 3.63) is 42.6 Å². The number of aromatic nitrogens is 4. The van der Waals surface area contributed by atoms with E-state index >= 15 is 0 Å². The molecule has 0 bridgehead atoms. The summed E-state index contributed by atoms with van der Waals surface area (Å²) in [4.78, 5) is 14.2. The van der Waals surface area contributed by atoms with Crippen LogP contribution in [-0.2, 0) is 7.05 Å². The second kappa shape index (κ2) is 13.3. The first-order valence-corrected chi connectivity index (χ1v) is 10.9. The number of benzene rings is 1. The highest BCUT2D eigenvalue weighted by Gasteiger charge is 2.07. The Morgan fingerprint density at radius 2 is 1.97 bits per heavy atom. The molecule has 0 fully saturated rings. The number of rotatable bonds is 10. The van der Waals surface area contributed by atoms with Crippen LogP contribution in [0.5, 0.6) is 0 Å². The molecule has 0 saturated heterocycles. The fourth-order valence-corrected chi connectivity index (χ4v) is 3.62. The number of nitrogens with zero attached hydrogens (tertiary/aromatic N) is 5. The molecule has 0 radical (unpaired) electrons. The first kappa shape index (κ1) is 25.1. The zero-order chi connectivity index (χ0) is 21.2. The van der Waals surface area contributed by atoms with Crippen molar-refractivity contribution in [2.75, 3.05) is 37.2 Å². The van der Waals surface area contributed by atoms with Crippen LogP contribution in [0, 0.1) is 5.82 Å². The van der Waals surface area contributed by atoms with Gasteiger partial charge in [0.1, 0.15) is 18.0 Å². The van der Waals surface area contributed by atoms with E-state index in [1.54, 1.807) is 34.8 Å². The summed E-state index contributed by atoms with van der Waals surface area (Å²) in [6, 6.07) is 6.59. The Morgan fingerprint density at radius 3 is 2.74 bits per heavy atom.